The van der Waals surface area contributed by atoms with Crippen molar-refractivity contribution in [3.63, 3.8) is 0 Å². The highest BCUT2D eigenvalue weighted by molar-refractivity contribution is 7.22. The van der Waals surface area contributed by atoms with Gasteiger partial charge in [0.15, 0.2) is 5.13 Å². The van der Waals surface area contributed by atoms with E-state index in [0.29, 0.717) is 16.6 Å². The van der Waals surface area contributed by atoms with Gasteiger partial charge in [0.2, 0.25) is 17.3 Å². The predicted molar refractivity (Wildman–Crippen MR) is 47.3 cm³/mol. The molecule has 5 nitrogen and oxygen atoms in total. The minimum absolute atomic E-state index is 0.242. The van der Waals surface area contributed by atoms with E-state index in [-0.39, 0.29) is 5.88 Å². The van der Waals surface area contributed by atoms with Crippen LogP contribution in [0.4, 0.5) is 11.0 Å². The molecule has 0 amide bonds. The summed E-state index contributed by atoms with van der Waals surface area (Å²) in [7, 11) is 1.52. The van der Waals surface area contributed by atoms with Crippen molar-refractivity contribution in [1.29, 1.82) is 0 Å². The van der Waals surface area contributed by atoms with Gasteiger partial charge >= 0.3 is 0 Å². The molecular formula is C6H7N3O2S. The molecule has 0 unspecified atom stereocenters. The van der Waals surface area contributed by atoms with Crippen LogP contribution < -0.4 is 16.2 Å². The minimum atomic E-state index is 0.242. The second kappa shape index (κ2) is 2.28. The molecule has 2 heterocycles. The van der Waals surface area contributed by atoms with Crippen LogP contribution in [0.5, 0.6) is 5.75 Å². The highest BCUT2D eigenvalue weighted by Crippen LogP contribution is 2.39. The highest BCUT2D eigenvalue weighted by Gasteiger charge is 2.16. The highest BCUT2D eigenvalue weighted by atomic mass is 32.1. The maximum Gasteiger partial charge on any atom is 0.245 e. The Bertz CT molecular complexity index is 420. The number of aromatic nitrogens is 1. The number of fused-ring (bicyclic) bond motifs is 1. The quantitative estimate of drug-likeness (QED) is 0.693. The summed E-state index contributed by atoms with van der Waals surface area (Å²) in [4.78, 5) is 3.91. The molecule has 0 atom stereocenters. The second-order valence-electron chi connectivity index (χ2n) is 2.19. The zero-order chi connectivity index (χ0) is 8.72. The van der Waals surface area contributed by atoms with E-state index in [1.165, 1.54) is 18.4 Å². The molecule has 0 aliphatic heterocycles. The molecule has 12 heavy (non-hydrogen) atoms. The van der Waals surface area contributed by atoms with E-state index in [1.54, 1.807) is 0 Å². The molecule has 0 spiro atoms. The first kappa shape index (κ1) is 7.23. The van der Waals surface area contributed by atoms with Crippen molar-refractivity contribution < 1.29 is 9.15 Å². The lowest BCUT2D eigenvalue weighted by atomic mass is 10.5. The van der Waals surface area contributed by atoms with Gasteiger partial charge in [-0.05, 0) is 0 Å². The van der Waals surface area contributed by atoms with Crippen LogP contribution in [-0.2, 0) is 0 Å². The van der Waals surface area contributed by atoms with Gasteiger partial charge < -0.3 is 20.6 Å². The number of anilines is 2. The Morgan fingerprint density at radius 1 is 1.50 bits per heavy atom. The summed E-state index contributed by atoms with van der Waals surface area (Å²) in [6.45, 7) is 0. The maximum absolute atomic E-state index is 5.49. The van der Waals surface area contributed by atoms with E-state index in [0.717, 1.165) is 4.70 Å². The molecule has 0 bridgehead atoms. The number of nitrogen functional groups attached to an aromatic ring is 2. The van der Waals surface area contributed by atoms with Gasteiger partial charge in [0.1, 0.15) is 4.70 Å². The van der Waals surface area contributed by atoms with Crippen molar-refractivity contribution in [2.24, 2.45) is 0 Å². The zero-order valence-corrected chi connectivity index (χ0v) is 7.14. The lowest BCUT2D eigenvalue weighted by Crippen LogP contribution is -1.86. The summed E-state index contributed by atoms with van der Waals surface area (Å²) in [5, 5.41) is 0.446. The predicted octanol–water partition coefficient (Wildman–Crippen LogP) is 1.06. The number of hydrogen-bond acceptors (Lipinski definition) is 6. The van der Waals surface area contributed by atoms with Crippen LogP contribution in [0.25, 0.3) is 10.4 Å². The average Bonchev–Trinajstić information content (AvgIpc) is 2.43. The summed E-state index contributed by atoms with van der Waals surface area (Å²) in [5.74, 6) is 0.755. The Morgan fingerprint density at radius 3 is 2.92 bits per heavy atom. The van der Waals surface area contributed by atoms with Gasteiger partial charge in [-0.15, -0.1) is 0 Å². The number of hydrogen-bond donors (Lipinski definition) is 2. The fourth-order valence-corrected chi connectivity index (χ4v) is 1.78. The molecule has 0 saturated carbocycles. The first-order valence-corrected chi connectivity index (χ1v) is 4.02. The molecular weight excluding hydrogens is 178 g/mol. The normalized spacial score (nSPS) is 10.8. The van der Waals surface area contributed by atoms with Crippen LogP contribution in [0, 0.1) is 0 Å². The zero-order valence-electron chi connectivity index (χ0n) is 6.33. The molecule has 2 aromatic rings. The van der Waals surface area contributed by atoms with E-state index in [9.17, 15) is 0 Å². The van der Waals surface area contributed by atoms with Crippen molar-refractivity contribution in [1.82, 2.24) is 4.98 Å². The molecule has 6 heteroatoms. The third-order valence-electron chi connectivity index (χ3n) is 1.45. The topological polar surface area (TPSA) is 87.3 Å². The van der Waals surface area contributed by atoms with Crippen molar-refractivity contribution in [3.8, 4) is 5.75 Å². The molecule has 2 rings (SSSR count). The number of thiazole rings is 1. The third-order valence-corrected chi connectivity index (χ3v) is 2.32. The number of ether oxygens (including phenoxy) is 1. The molecule has 0 aliphatic rings. The average molecular weight is 185 g/mol. The maximum atomic E-state index is 5.49. The Balaban J connectivity index is 2.78. The van der Waals surface area contributed by atoms with Gasteiger partial charge in [-0.3, -0.25) is 0 Å². The Hall–Kier alpha value is -1.43. The van der Waals surface area contributed by atoms with E-state index < -0.39 is 0 Å². The molecule has 0 fully saturated rings. The van der Waals surface area contributed by atoms with Crippen LogP contribution in [0.2, 0.25) is 0 Å². The Kier molecular flexibility index (Phi) is 1.37. The second-order valence-corrected chi connectivity index (χ2v) is 3.22. The summed E-state index contributed by atoms with van der Waals surface area (Å²) in [6, 6.07) is 0. The monoisotopic (exact) mass is 185 g/mol. The van der Waals surface area contributed by atoms with Crippen molar-refractivity contribution >= 4 is 32.8 Å². The van der Waals surface area contributed by atoms with E-state index >= 15 is 0 Å². The molecule has 0 radical (unpaired) electrons. The van der Waals surface area contributed by atoms with Gasteiger partial charge in [-0.25, -0.2) is 0 Å². The number of rotatable bonds is 1. The summed E-state index contributed by atoms with van der Waals surface area (Å²) in [6.07, 6.45) is 0. The molecule has 0 aliphatic carbocycles. The summed E-state index contributed by atoms with van der Waals surface area (Å²) in [5.41, 5.74) is 11.4. The van der Waals surface area contributed by atoms with E-state index in [4.69, 9.17) is 20.6 Å². The number of methoxy groups -OCH3 is 1. The first-order chi connectivity index (χ1) is 5.72. The van der Waals surface area contributed by atoms with Crippen LogP contribution >= 0.6 is 11.3 Å². The standard InChI is InChI=1S/C6H7N3O2S/c1-10-2-3-5(11-4(2)7)9-6(8)12-3/h7H2,1H3,(H2,8,9). The first-order valence-electron chi connectivity index (χ1n) is 3.20. The largest absolute Gasteiger partial charge is 0.490 e. The van der Waals surface area contributed by atoms with Crippen molar-refractivity contribution in [2.45, 2.75) is 0 Å². The van der Waals surface area contributed by atoms with Gasteiger partial charge in [0.05, 0.1) is 7.11 Å². The Morgan fingerprint density at radius 2 is 2.25 bits per heavy atom. The van der Waals surface area contributed by atoms with Gasteiger partial charge in [0.25, 0.3) is 0 Å². The SMILES string of the molecule is COc1c(N)oc2nc(N)sc12. The van der Waals surface area contributed by atoms with E-state index in [1.807, 2.05) is 0 Å². The molecule has 4 N–H and O–H groups in total. The minimum Gasteiger partial charge on any atom is -0.490 e. The van der Waals surface area contributed by atoms with Gasteiger partial charge in [-0.2, -0.15) is 4.98 Å². The summed E-state index contributed by atoms with van der Waals surface area (Å²) >= 11 is 1.29. The van der Waals surface area contributed by atoms with Gasteiger partial charge in [0, 0.05) is 0 Å². The fraction of sp³-hybridized carbons (Fsp3) is 0.167. The van der Waals surface area contributed by atoms with Crippen LogP contribution in [0.3, 0.4) is 0 Å². The van der Waals surface area contributed by atoms with Crippen molar-refractivity contribution in [3.05, 3.63) is 0 Å². The van der Waals surface area contributed by atoms with Crippen molar-refractivity contribution in [2.75, 3.05) is 18.6 Å². The van der Waals surface area contributed by atoms with Crippen LogP contribution in [0.1, 0.15) is 0 Å². The fourth-order valence-electron chi connectivity index (χ4n) is 0.990. The summed E-state index contributed by atoms with van der Waals surface area (Å²) < 4.78 is 10.8. The Labute approximate surface area is 71.9 Å². The van der Waals surface area contributed by atoms with Gasteiger partial charge in [-0.1, -0.05) is 11.3 Å². The number of nitrogens with zero attached hydrogens (tertiary/aromatic N) is 1. The molecule has 64 valence electrons. The lowest BCUT2D eigenvalue weighted by Gasteiger charge is -1.92. The molecule has 0 saturated heterocycles. The molecule has 2 aromatic heterocycles. The number of nitrogens with two attached hydrogens (primary N) is 2. The number of furan rings is 1. The van der Waals surface area contributed by atoms with Crippen LogP contribution in [0.15, 0.2) is 4.42 Å². The lowest BCUT2D eigenvalue weighted by molar-refractivity contribution is 0.415. The van der Waals surface area contributed by atoms with E-state index in [2.05, 4.69) is 4.98 Å². The van der Waals surface area contributed by atoms with Crippen LogP contribution in [-0.4, -0.2) is 12.1 Å². The third kappa shape index (κ3) is 0.814. The molecule has 0 aromatic carbocycles. The smallest absolute Gasteiger partial charge is 0.245 e.